The van der Waals surface area contributed by atoms with E-state index in [-0.39, 0.29) is 12.1 Å². The molecule has 0 saturated carbocycles. The predicted octanol–water partition coefficient (Wildman–Crippen LogP) is 1.91. The molecule has 2 N–H and O–H groups in total. The van der Waals surface area contributed by atoms with Crippen molar-refractivity contribution in [1.29, 1.82) is 0 Å². The molecular formula is C14H26N2O3S. The summed E-state index contributed by atoms with van der Waals surface area (Å²) < 4.78 is 32.3. The van der Waals surface area contributed by atoms with Crippen LogP contribution in [-0.2, 0) is 16.4 Å². The Morgan fingerprint density at radius 3 is 2.50 bits per heavy atom. The van der Waals surface area contributed by atoms with Crippen molar-refractivity contribution in [3.05, 3.63) is 24.2 Å². The van der Waals surface area contributed by atoms with E-state index < -0.39 is 15.3 Å². The van der Waals surface area contributed by atoms with Crippen LogP contribution in [0.3, 0.4) is 0 Å². The van der Waals surface area contributed by atoms with Gasteiger partial charge in [-0.3, -0.25) is 0 Å². The third-order valence-corrected chi connectivity index (χ3v) is 5.07. The second-order valence-electron chi connectivity index (χ2n) is 5.56. The van der Waals surface area contributed by atoms with Crippen LogP contribution in [-0.4, -0.2) is 32.3 Å². The maximum absolute atomic E-state index is 12.1. The number of hydrogen-bond acceptors (Lipinski definition) is 4. The second kappa shape index (κ2) is 7.81. The Kier molecular flexibility index (Phi) is 6.71. The van der Waals surface area contributed by atoms with E-state index in [0.29, 0.717) is 6.54 Å². The van der Waals surface area contributed by atoms with E-state index in [0.717, 1.165) is 18.6 Å². The average Bonchev–Trinajstić information content (AvgIpc) is 2.85. The standard InChI is InChI=1S/C14H26N2O3S/c1-11(2)15-10-13(4)20(17,18)16-12(3)7-8-14-6-5-9-19-14/h5-6,9,11-13,15-16H,7-8,10H2,1-4H3. The fourth-order valence-electron chi connectivity index (χ4n) is 1.78. The molecule has 5 nitrogen and oxygen atoms in total. The van der Waals surface area contributed by atoms with Gasteiger partial charge in [-0.1, -0.05) is 13.8 Å². The fraction of sp³-hybridized carbons (Fsp3) is 0.714. The van der Waals surface area contributed by atoms with Gasteiger partial charge in [0.25, 0.3) is 0 Å². The normalized spacial score (nSPS) is 15.4. The molecule has 116 valence electrons. The van der Waals surface area contributed by atoms with Crippen molar-refractivity contribution >= 4 is 10.0 Å². The van der Waals surface area contributed by atoms with E-state index in [1.54, 1.807) is 13.2 Å². The lowest BCUT2D eigenvalue weighted by Crippen LogP contribution is -2.43. The molecule has 0 spiro atoms. The lowest BCUT2D eigenvalue weighted by Gasteiger charge is -2.19. The molecule has 1 rings (SSSR count). The highest BCUT2D eigenvalue weighted by atomic mass is 32.2. The zero-order valence-electron chi connectivity index (χ0n) is 12.7. The summed E-state index contributed by atoms with van der Waals surface area (Å²) >= 11 is 0. The van der Waals surface area contributed by atoms with Crippen molar-refractivity contribution in [2.75, 3.05) is 6.54 Å². The van der Waals surface area contributed by atoms with E-state index in [9.17, 15) is 8.42 Å². The number of nitrogens with one attached hydrogen (secondary N) is 2. The van der Waals surface area contributed by atoms with E-state index in [1.807, 2.05) is 32.9 Å². The third kappa shape index (κ3) is 6.07. The van der Waals surface area contributed by atoms with Gasteiger partial charge in [-0.2, -0.15) is 0 Å². The fourth-order valence-corrected chi connectivity index (χ4v) is 3.01. The molecule has 0 bridgehead atoms. The Morgan fingerprint density at radius 2 is 1.95 bits per heavy atom. The van der Waals surface area contributed by atoms with Crippen LogP contribution in [0.5, 0.6) is 0 Å². The molecule has 0 aromatic carbocycles. The second-order valence-corrected chi connectivity index (χ2v) is 7.69. The summed E-state index contributed by atoms with van der Waals surface area (Å²) in [7, 11) is -3.29. The van der Waals surface area contributed by atoms with E-state index in [4.69, 9.17) is 4.42 Å². The van der Waals surface area contributed by atoms with Crippen molar-refractivity contribution in [3.63, 3.8) is 0 Å². The molecule has 1 aromatic heterocycles. The van der Waals surface area contributed by atoms with Crippen LogP contribution in [0.15, 0.2) is 22.8 Å². The summed E-state index contributed by atoms with van der Waals surface area (Å²) in [6, 6.07) is 3.91. The lowest BCUT2D eigenvalue weighted by atomic mass is 10.2. The van der Waals surface area contributed by atoms with Crippen LogP contribution in [0.2, 0.25) is 0 Å². The van der Waals surface area contributed by atoms with Crippen LogP contribution in [0.25, 0.3) is 0 Å². The van der Waals surface area contributed by atoms with Gasteiger partial charge in [-0.25, -0.2) is 13.1 Å². The number of aryl methyl sites for hydroxylation is 1. The van der Waals surface area contributed by atoms with E-state index in [1.165, 1.54) is 0 Å². The Labute approximate surface area is 122 Å². The summed E-state index contributed by atoms with van der Waals surface area (Å²) in [5, 5.41) is 2.70. The van der Waals surface area contributed by atoms with Crippen molar-refractivity contribution in [2.24, 2.45) is 0 Å². The van der Waals surface area contributed by atoms with Gasteiger partial charge >= 0.3 is 0 Å². The number of furan rings is 1. The van der Waals surface area contributed by atoms with Gasteiger partial charge in [0.05, 0.1) is 11.5 Å². The Bertz CT molecular complexity index is 469. The predicted molar refractivity (Wildman–Crippen MR) is 81.1 cm³/mol. The molecule has 0 aliphatic rings. The zero-order chi connectivity index (χ0) is 15.2. The number of sulfonamides is 1. The van der Waals surface area contributed by atoms with Gasteiger partial charge in [0.2, 0.25) is 10.0 Å². The monoisotopic (exact) mass is 302 g/mol. The zero-order valence-corrected chi connectivity index (χ0v) is 13.5. The molecule has 2 atom stereocenters. The number of rotatable bonds is 9. The summed E-state index contributed by atoms with van der Waals surface area (Å²) in [4.78, 5) is 0. The van der Waals surface area contributed by atoms with Gasteiger partial charge in [0.1, 0.15) is 5.76 Å². The minimum Gasteiger partial charge on any atom is -0.469 e. The first kappa shape index (κ1) is 17.2. The first-order chi connectivity index (χ1) is 9.31. The first-order valence-corrected chi connectivity index (χ1v) is 8.63. The van der Waals surface area contributed by atoms with Gasteiger partial charge in [0.15, 0.2) is 0 Å². The van der Waals surface area contributed by atoms with E-state index >= 15 is 0 Å². The maximum atomic E-state index is 12.1. The quantitative estimate of drug-likeness (QED) is 0.731. The van der Waals surface area contributed by atoms with Crippen LogP contribution in [0.1, 0.15) is 39.9 Å². The largest absolute Gasteiger partial charge is 0.469 e. The van der Waals surface area contributed by atoms with Crippen molar-refractivity contribution in [3.8, 4) is 0 Å². The minimum atomic E-state index is -3.29. The summed E-state index contributed by atoms with van der Waals surface area (Å²) in [6.07, 6.45) is 3.08. The molecule has 1 aromatic rings. The highest BCUT2D eigenvalue weighted by molar-refractivity contribution is 7.90. The summed E-state index contributed by atoms with van der Waals surface area (Å²) in [5.41, 5.74) is 0. The topological polar surface area (TPSA) is 71.3 Å². The Hall–Kier alpha value is -0.850. The molecule has 2 unspecified atom stereocenters. The van der Waals surface area contributed by atoms with Crippen LogP contribution in [0, 0.1) is 0 Å². The molecule has 0 saturated heterocycles. The maximum Gasteiger partial charge on any atom is 0.215 e. The molecule has 20 heavy (non-hydrogen) atoms. The molecule has 0 amide bonds. The van der Waals surface area contributed by atoms with Crippen molar-refractivity contribution in [2.45, 2.75) is 57.9 Å². The molecule has 1 heterocycles. The molecular weight excluding hydrogens is 276 g/mol. The smallest absolute Gasteiger partial charge is 0.215 e. The lowest BCUT2D eigenvalue weighted by molar-refractivity contribution is 0.477. The molecule has 6 heteroatoms. The highest BCUT2D eigenvalue weighted by Crippen LogP contribution is 2.07. The molecule has 0 aliphatic heterocycles. The van der Waals surface area contributed by atoms with Crippen molar-refractivity contribution in [1.82, 2.24) is 10.0 Å². The van der Waals surface area contributed by atoms with Crippen LogP contribution in [0.4, 0.5) is 0 Å². The molecule has 0 fully saturated rings. The third-order valence-electron chi connectivity index (χ3n) is 3.11. The Morgan fingerprint density at radius 1 is 1.25 bits per heavy atom. The Balaban J connectivity index is 2.40. The first-order valence-electron chi connectivity index (χ1n) is 7.08. The van der Waals surface area contributed by atoms with E-state index in [2.05, 4.69) is 10.0 Å². The van der Waals surface area contributed by atoms with Gasteiger partial charge in [0, 0.05) is 25.0 Å². The number of hydrogen-bond donors (Lipinski definition) is 2. The average molecular weight is 302 g/mol. The molecule has 0 aliphatic carbocycles. The van der Waals surface area contributed by atoms with Crippen LogP contribution >= 0.6 is 0 Å². The summed E-state index contributed by atoms with van der Waals surface area (Å²) in [6.45, 7) is 8.05. The van der Waals surface area contributed by atoms with Gasteiger partial charge in [-0.15, -0.1) is 0 Å². The van der Waals surface area contributed by atoms with Gasteiger partial charge < -0.3 is 9.73 Å². The minimum absolute atomic E-state index is 0.105. The van der Waals surface area contributed by atoms with Crippen LogP contribution < -0.4 is 10.0 Å². The van der Waals surface area contributed by atoms with Gasteiger partial charge in [-0.05, 0) is 32.4 Å². The SMILES string of the molecule is CC(C)NCC(C)S(=O)(=O)NC(C)CCc1ccco1. The highest BCUT2D eigenvalue weighted by Gasteiger charge is 2.22. The molecule has 0 radical (unpaired) electrons. The van der Waals surface area contributed by atoms with Crippen molar-refractivity contribution < 1.29 is 12.8 Å². The summed E-state index contributed by atoms with van der Waals surface area (Å²) in [5.74, 6) is 0.880.